The Kier molecular flexibility index (Phi) is 2.54. The number of nitrogens with zero attached hydrogens (tertiary/aromatic N) is 1. The molecule has 1 aliphatic carbocycles. The highest BCUT2D eigenvalue weighted by molar-refractivity contribution is 6.01. The van der Waals surface area contributed by atoms with Gasteiger partial charge in [-0.2, -0.15) is 0 Å². The molecule has 3 rings (SSSR count). The van der Waals surface area contributed by atoms with Crippen molar-refractivity contribution in [2.24, 2.45) is 0 Å². The number of hydrogen-bond donors (Lipinski definition) is 1. The number of nitrogens with one attached hydrogen (secondary N) is 1. The molecule has 1 fully saturated rings. The molecule has 1 aromatic carbocycles. The highest BCUT2D eigenvalue weighted by atomic mass is 16.2. The molecule has 1 N–H and O–H groups in total. The first-order chi connectivity index (χ1) is 8.25. The summed E-state index contributed by atoms with van der Waals surface area (Å²) >= 11 is 0. The Labute approximate surface area is 102 Å². The van der Waals surface area contributed by atoms with Crippen LogP contribution in [0.3, 0.4) is 0 Å². The highest BCUT2D eigenvalue weighted by Crippen LogP contribution is 2.37. The van der Waals surface area contributed by atoms with Gasteiger partial charge in [-0.25, -0.2) is 0 Å². The van der Waals surface area contributed by atoms with Crippen molar-refractivity contribution in [1.29, 1.82) is 0 Å². The van der Waals surface area contributed by atoms with Gasteiger partial charge in [-0.3, -0.25) is 4.79 Å². The Morgan fingerprint density at radius 3 is 2.82 bits per heavy atom. The molecule has 0 bridgehead atoms. The van der Waals surface area contributed by atoms with Crippen LogP contribution >= 0.6 is 0 Å². The van der Waals surface area contributed by atoms with E-state index in [-0.39, 0.29) is 5.91 Å². The lowest BCUT2D eigenvalue weighted by atomic mass is 10.1. The second kappa shape index (κ2) is 4.06. The minimum Gasteiger partial charge on any atom is -0.357 e. The second-order valence-corrected chi connectivity index (χ2v) is 5.09. The molecule has 0 aromatic heterocycles. The maximum atomic E-state index is 11.8. The van der Waals surface area contributed by atoms with Crippen molar-refractivity contribution >= 4 is 17.3 Å². The monoisotopic (exact) mass is 230 g/mol. The first kappa shape index (κ1) is 10.6. The first-order valence-electron chi connectivity index (χ1n) is 6.42. The van der Waals surface area contributed by atoms with E-state index in [1.165, 1.54) is 36.9 Å². The summed E-state index contributed by atoms with van der Waals surface area (Å²) in [4.78, 5) is 14.1. The number of carbonyl (C=O) groups is 1. The summed E-state index contributed by atoms with van der Waals surface area (Å²) in [5, 5.41) is 2.97. The number of benzene rings is 1. The number of aryl methyl sites for hydroxylation is 1. The normalized spacial score (nSPS) is 20.3. The molecule has 1 heterocycles. The van der Waals surface area contributed by atoms with Crippen molar-refractivity contribution in [3.05, 3.63) is 23.8 Å². The van der Waals surface area contributed by atoms with Crippen LogP contribution in [-0.4, -0.2) is 18.5 Å². The van der Waals surface area contributed by atoms with Crippen molar-refractivity contribution in [2.45, 2.75) is 38.6 Å². The fourth-order valence-corrected chi connectivity index (χ4v) is 3.09. The minimum absolute atomic E-state index is 0.120. The Hall–Kier alpha value is -1.51. The fraction of sp³-hybridized carbons (Fsp3) is 0.500. The summed E-state index contributed by atoms with van der Waals surface area (Å²) in [6.07, 6.45) is 5.04. The zero-order valence-corrected chi connectivity index (χ0v) is 10.2. The molecule has 0 spiro atoms. The number of hydrogen-bond acceptors (Lipinski definition) is 2. The molecule has 3 heteroatoms. The van der Waals surface area contributed by atoms with E-state index < -0.39 is 0 Å². The van der Waals surface area contributed by atoms with Gasteiger partial charge in [0.15, 0.2) is 0 Å². The first-order valence-corrected chi connectivity index (χ1v) is 6.42. The van der Waals surface area contributed by atoms with Crippen LogP contribution in [0.2, 0.25) is 0 Å². The molecule has 17 heavy (non-hydrogen) atoms. The van der Waals surface area contributed by atoms with Crippen molar-refractivity contribution in [3.63, 3.8) is 0 Å². The summed E-state index contributed by atoms with van der Waals surface area (Å²) in [7, 11) is 0. The van der Waals surface area contributed by atoms with E-state index in [1.54, 1.807) is 0 Å². The number of anilines is 2. The third-order valence-electron chi connectivity index (χ3n) is 3.88. The number of fused-ring (bicyclic) bond motifs is 1. The summed E-state index contributed by atoms with van der Waals surface area (Å²) in [5.74, 6) is 0.120. The zero-order chi connectivity index (χ0) is 11.8. The molecule has 0 radical (unpaired) electrons. The van der Waals surface area contributed by atoms with Gasteiger partial charge in [-0.1, -0.05) is 25.0 Å². The van der Waals surface area contributed by atoms with Gasteiger partial charge in [0.25, 0.3) is 0 Å². The molecule has 0 unspecified atom stereocenters. The summed E-state index contributed by atoms with van der Waals surface area (Å²) < 4.78 is 0. The van der Waals surface area contributed by atoms with E-state index in [1.807, 2.05) is 12.1 Å². The summed E-state index contributed by atoms with van der Waals surface area (Å²) in [5.41, 5.74) is 3.47. The predicted molar refractivity (Wildman–Crippen MR) is 69.4 cm³/mol. The van der Waals surface area contributed by atoms with Gasteiger partial charge in [0.1, 0.15) is 0 Å². The van der Waals surface area contributed by atoms with E-state index >= 15 is 0 Å². The molecule has 90 valence electrons. The third kappa shape index (κ3) is 1.79. The average molecular weight is 230 g/mol. The molecular formula is C14H18N2O. The van der Waals surface area contributed by atoms with E-state index in [0.717, 1.165) is 5.69 Å². The number of amides is 1. The zero-order valence-electron chi connectivity index (χ0n) is 10.2. The van der Waals surface area contributed by atoms with E-state index in [4.69, 9.17) is 0 Å². The van der Waals surface area contributed by atoms with Crippen molar-refractivity contribution in [3.8, 4) is 0 Å². The Balaban J connectivity index is 2.03. The van der Waals surface area contributed by atoms with Crippen LogP contribution in [0.25, 0.3) is 0 Å². The predicted octanol–water partition coefficient (Wildman–Crippen LogP) is 2.70. The molecular weight excluding hydrogens is 212 g/mol. The van der Waals surface area contributed by atoms with Crippen molar-refractivity contribution in [2.75, 3.05) is 16.8 Å². The maximum Gasteiger partial charge on any atom is 0.243 e. The van der Waals surface area contributed by atoms with Gasteiger partial charge in [-0.05, 0) is 31.4 Å². The lowest BCUT2D eigenvalue weighted by molar-refractivity contribution is -0.115. The Bertz CT molecular complexity index is 450. The molecule has 1 aromatic rings. The lowest BCUT2D eigenvalue weighted by Crippen LogP contribution is -2.44. The Morgan fingerprint density at radius 1 is 1.29 bits per heavy atom. The summed E-state index contributed by atoms with van der Waals surface area (Å²) in [6.45, 7) is 2.64. The van der Waals surface area contributed by atoms with Crippen LogP contribution in [-0.2, 0) is 4.79 Å². The van der Waals surface area contributed by atoms with Gasteiger partial charge >= 0.3 is 0 Å². The van der Waals surface area contributed by atoms with Crippen LogP contribution in [0.1, 0.15) is 31.2 Å². The molecule has 1 saturated carbocycles. The fourth-order valence-electron chi connectivity index (χ4n) is 3.09. The summed E-state index contributed by atoms with van der Waals surface area (Å²) in [6, 6.07) is 6.69. The lowest BCUT2D eigenvalue weighted by Gasteiger charge is -2.36. The van der Waals surface area contributed by atoms with Crippen LogP contribution in [0.4, 0.5) is 11.4 Å². The van der Waals surface area contributed by atoms with Gasteiger partial charge in [0.2, 0.25) is 5.91 Å². The second-order valence-electron chi connectivity index (χ2n) is 5.09. The largest absolute Gasteiger partial charge is 0.357 e. The molecule has 1 amide bonds. The van der Waals surface area contributed by atoms with Gasteiger partial charge in [0, 0.05) is 6.04 Å². The molecule has 0 saturated heterocycles. The molecule has 2 aliphatic rings. The Morgan fingerprint density at radius 2 is 2.06 bits per heavy atom. The van der Waals surface area contributed by atoms with Crippen molar-refractivity contribution < 1.29 is 4.79 Å². The smallest absolute Gasteiger partial charge is 0.243 e. The van der Waals surface area contributed by atoms with Crippen LogP contribution in [0.15, 0.2) is 18.2 Å². The topological polar surface area (TPSA) is 32.3 Å². The van der Waals surface area contributed by atoms with E-state index in [0.29, 0.717) is 12.6 Å². The standard InChI is InChI=1S/C14H18N2O/c1-10-5-4-8-12-14(10)16(9-13(17)15-12)11-6-2-3-7-11/h4-5,8,11H,2-3,6-7,9H2,1H3,(H,15,17). The number of rotatable bonds is 1. The number of para-hydroxylation sites is 1. The SMILES string of the molecule is Cc1cccc2c1N(C1CCCC1)CC(=O)N2. The minimum atomic E-state index is 0.120. The van der Waals surface area contributed by atoms with Crippen LogP contribution in [0, 0.1) is 6.92 Å². The molecule has 3 nitrogen and oxygen atoms in total. The molecule has 0 atom stereocenters. The molecule has 1 aliphatic heterocycles. The van der Waals surface area contributed by atoms with Gasteiger partial charge in [0.05, 0.1) is 17.9 Å². The highest BCUT2D eigenvalue weighted by Gasteiger charge is 2.30. The third-order valence-corrected chi connectivity index (χ3v) is 3.88. The van der Waals surface area contributed by atoms with Gasteiger partial charge in [-0.15, -0.1) is 0 Å². The van der Waals surface area contributed by atoms with Crippen LogP contribution < -0.4 is 10.2 Å². The van der Waals surface area contributed by atoms with Crippen molar-refractivity contribution in [1.82, 2.24) is 0 Å². The maximum absolute atomic E-state index is 11.8. The average Bonchev–Trinajstić information content (AvgIpc) is 2.81. The van der Waals surface area contributed by atoms with Crippen LogP contribution in [0.5, 0.6) is 0 Å². The van der Waals surface area contributed by atoms with Gasteiger partial charge < -0.3 is 10.2 Å². The number of carbonyl (C=O) groups excluding carboxylic acids is 1. The van der Waals surface area contributed by atoms with E-state index in [9.17, 15) is 4.79 Å². The van der Waals surface area contributed by atoms with E-state index in [2.05, 4.69) is 23.2 Å². The quantitative estimate of drug-likeness (QED) is 0.804.